The maximum Gasteiger partial charge on any atom is 0.353 e. The van der Waals surface area contributed by atoms with Gasteiger partial charge in [-0.2, -0.15) is 0 Å². The topological polar surface area (TPSA) is 56.5 Å². The van der Waals surface area contributed by atoms with E-state index in [0.717, 1.165) is 42.2 Å². The molecule has 0 saturated heterocycles. The summed E-state index contributed by atoms with van der Waals surface area (Å²) in [5.74, 6) is -0.284. The second-order valence-corrected chi connectivity index (χ2v) is 7.05. The van der Waals surface area contributed by atoms with E-state index in [1.165, 1.54) is 17.4 Å². The lowest BCUT2D eigenvalue weighted by Crippen LogP contribution is -2.16. The largest absolute Gasteiger partial charge is 0.422 e. The van der Waals surface area contributed by atoms with E-state index in [9.17, 15) is 9.59 Å². The highest BCUT2D eigenvalue weighted by atomic mass is 35.5. The number of hydrogen-bond donors (Lipinski definition) is 0. The summed E-state index contributed by atoms with van der Waals surface area (Å²) in [4.78, 5) is 24.8. The molecule has 4 nitrogen and oxygen atoms in total. The molecule has 0 radical (unpaired) electrons. The predicted molar refractivity (Wildman–Crippen MR) is 93.4 cm³/mol. The Balaban J connectivity index is 1.80. The molecule has 0 unspecified atom stereocenters. The normalized spacial score (nSPS) is 13.7. The molecule has 0 N–H and O–H groups in total. The molecule has 0 fully saturated rings. The number of aryl methyl sites for hydroxylation is 1. The molecule has 6 heteroatoms. The smallest absolute Gasteiger partial charge is 0.353 e. The van der Waals surface area contributed by atoms with E-state index in [-0.39, 0.29) is 11.4 Å². The van der Waals surface area contributed by atoms with Crippen molar-refractivity contribution in [1.29, 1.82) is 0 Å². The Kier molecular flexibility index (Phi) is 3.90. The van der Waals surface area contributed by atoms with Crippen molar-refractivity contribution in [3.8, 4) is 5.75 Å². The molecule has 0 atom stereocenters. The van der Waals surface area contributed by atoms with Crippen LogP contribution in [0.1, 0.15) is 33.6 Å². The van der Waals surface area contributed by atoms with Crippen molar-refractivity contribution in [3.63, 3.8) is 0 Å². The number of ether oxygens (including phenoxy) is 1. The number of hydrogen-bond acceptors (Lipinski definition) is 5. The summed E-state index contributed by atoms with van der Waals surface area (Å²) in [6, 6.07) is 6.70. The van der Waals surface area contributed by atoms with Crippen molar-refractivity contribution in [1.82, 2.24) is 0 Å². The predicted octanol–water partition coefficient (Wildman–Crippen LogP) is 4.61. The van der Waals surface area contributed by atoms with Crippen LogP contribution in [0.3, 0.4) is 0 Å². The van der Waals surface area contributed by atoms with Gasteiger partial charge in [-0.05, 0) is 48.8 Å². The first kappa shape index (κ1) is 15.4. The first-order chi connectivity index (χ1) is 11.6. The summed E-state index contributed by atoms with van der Waals surface area (Å²) in [6.45, 7) is 0. The van der Waals surface area contributed by atoms with E-state index >= 15 is 0 Å². The van der Waals surface area contributed by atoms with Gasteiger partial charge in [0.05, 0.1) is 5.02 Å². The van der Waals surface area contributed by atoms with Crippen LogP contribution in [0.2, 0.25) is 5.02 Å². The molecule has 122 valence electrons. The lowest BCUT2D eigenvalue weighted by atomic mass is 9.91. The number of benzene rings is 1. The van der Waals surface area contributed by atoms with Crippen molar-refractivity contribution in [2.24, 2.45) is 0 Å². The Morgan fingerprint density at radius 1 is 1.21 bits per heavy atom. The van der Waals surface area contributed by atoms with Gasteiger partial charge >= 0.3 is 11.6 Å². The zero-order valence-corrected chi connectivity index (χ0v) is 14.2. The molecule has 1 aromatic carbocycles. The van der Waals surface area contributed by atoms with E-state index in [2.05, 4.69) is 0 Å². The van der Waals surface area contributed by atoms with Crippen LogP contribution in [0.15, 0.2) is 38.9 Å². The van der Waals surface area contributed by atoms with Crippen molar-refractivity contribution in [2.75, 3.05) is 0 Å². The Morgan fingerprint density at radius 2 is 2.00 bits per heavy atom. The van der Waals surface area contributed by atoms with Gasteiger partial charge in [-0.25, -0.2) is 9.59 Å². The standard InChI is InChI=1S/C18H13ClO4S/c19-13-8-12-10-4-1-2-5-11(10)17(20)22-14(12)9-15(13)23-18(21)16-6-3-7-24-16/h3,6-9H,1-2,4-5H2. The van der Waals surface area contributed by atoms with Crippen LogP contribution < -0.4 is 10.4 Å². The lowest BCUT2D eigenvalue weighted by Gasteiger charge is -2.16. The molecular weight excluding hydrogens is 348 g/mol. The first-order valence-electron chi connectivity index (χ1n) is 7.67. The van der Waals surface area contributed by atoms with E-state index < -0.39 is 5.97 Å². The van der Waals surface area contributed by atoms with Gasteiger partial charge in [0.15, 0.2) is 5.75 Å². The SMILES string of the molecule is O=C(Oc1cc2oc(=O)c3c(c2cc1Cl)CCCC3)c1cccs1. The van der Waals surface area contributed by atoms with Crippen molar-refractivity contribution in [2.45, 2.75) is 25.7 Å². The van der Waals surface area contributed by atoms with Crippen molar-refractivity contribution >= 4 is 39.9 Å². The van der Waals surface area contributed by atoms with Gasteiger partial charge in [-0.15, -0.1) is 11.3 Å². The third-order valence-electron chi connectivity index (χ3n) is 4.20. The minimum Gasteiger partial charge on any atom is -0.422 e. The minimum absolute atomic E-state index is 0.196. The molecule has 0 bridgehead atoms. The number of carbonyl (C=O) groups is 1. The summed E-state index contributed by atoms with van der Waals surface area (Å²) < 4.78 is 10.8. The average Bonchev–Trinajstić information content (AvgIpc) is 3.11. The van der Waals surface area contributed by atoms with Crippen LogP contribution in [0.5, 0.6) is 5.75 Å². The maximum atomic E-state index is 12.2. The fourth-order valence-electron chi connectivity index (χ4n) is 3.07. The molecule has 1 aliphatic carbocycles. The molecule has 1 aliphatic rings. The van der Waals surface area contributed by atoms with E-state index in [1.54, 1.807) is 23.6 Å². The van der Waals surface area contributed by atoms with E-state index in [4.69, 9.17) is 20.8 Å². The quantitative estimate of drug-likeness (QED) is 0.380. The fraction of sp³-hybridized carbons (Fsp3) is 0.222. The molecule has 0 spiro atoms. The minimum atomic E-state index is -0.480. The molecule has 0 amide bonds. The van der Waals surface area contributed by atoms with Gasteiger partial charge in [0.1, 0.15) is 10.5 Å². The second-order valence-electron chi connectivity index (χ2n) is 5.70. The van der Waals surface area contributed by atoms with Gasteiger partial charge in [0, 0.05) is 17.0 Å². The molecule has 2 aromatic heterocycles. The molecule has 2 heterocycles. The van der Waals surface area contributed by atoms with Crippen LogP contribution in [0.4, 0.5) is 0 Å². The first-order valence-corrected chi connectivity index (χ1v) is 8.93. The fourth-order valence-corrected chi connectivity index (χ4v) is 3.87. The lowest BCUT2D eigenvalue weighted by molar-refractivity contribution is 0.0740. The Labute approximate surface area is 146 Å². The molecule has 0 saturated carbocycles. The monoisotopic (exact) mass is 360 g/mol. The molecular formula is C18H13ClO4S. The number of carbonyl (C=O) groups excluding carboxylic acids is 1. The van der Waals surface area contributed by atoms with Gasteiger partial charge in [-0.1, -0.05) is 17.7 Å². The van der Waals surface area contributed by atoms with Crippen molar-refractivity contribution in [3.05, 3.63) is 61.1 Å². The van der Waals surface area contributed by atoms with Crippen LogP contribution in [-0.2, 0) is 12.8 Å². The van der Waals surface area contributed by atoms with E-state index in [0.29, 0.717) is 15.5 Å². The molecule has 4 rings (SSSR count). The maximum absolute atomic E-state index is 12.2. The highest BCUT2D eigenvalue weighted by Crippen LogP contribution is 2.34. The second kappa shape index (κ2) is 6.07. The average molecular weight is 361 g/mol. The Bertz CT molecular complexity index is 988. The summed E-state index contributed by atoms with van der Waals surface area (Å²) >= 11 is 7.59. The van der Waals surface area contributed by atoms with Crippen LogP contribution >= 0.6 is 22.9 Å². The van der Waals surface area contributed by atoms with Crippen LogP contribution in [-0.4, -0.2) is 5.97 Å². The molecule has 24 heavy (non-hydrogen) atoms. The number of halogens is 1. The zero-order valence-electron chi connectivity index (χ0n) is 12.6. The highest BCUT2D eigenvalue weighted by Gasteiger charge is 2.20. The van der Waals surface area contributed by atoms with Crippen molar-refractivity contribution < 1.29 is 13.9 Å². The highest BCUT2D eigenvalue weighted by molar-refractivity contribution is 7.12. The Morgan fingerprint density at radius 3 is 2.75 bits per heavy atom. The van der Waals surface area contributed by atoms with Crippen LogP contribution in [0.25, 0.3) is 11.0 Å². The number of rotatable bonds is 2. The van der Waals surface area contributed by atoms with Gasteiger partial charge in [-0.3, -0.25) is 0 Å². The van der Waals surface area contributed by atoms with Gasteiger partial charge in [0.25, 0.3) is 0 Å². The number of thiophene rings is 1. The molecule has 3 aromatic rings. The van der Waals surface area contributed by atoms with Crippen LogP contribution in [0, 0.1) is 0 Å². The number of esters is 1. The summed E-state index contributed by atoms with van der Waals surface area (Å²) in [5.41, 5.74) is 1.84. The summed E-state index contributed by atoms with van der Waals surface area (Å²) in [6.07, 6.45) is 3.61. The summed E-state index contributed by atoms with van der Waals surface area (Å²) in [7, 11) is 0. The van der Waals surface area contributed by atoms with Gasteiger partial charge < -0.3 is 9.15 Å². The zero-order chi connectivity index (χ0) is 16.7. The number of fused-ring (bicyclic) bond motifs is 3. The summed E-state index contributed by atoms with van der Waals surface area (Å²) in [5, 5.41) is 2.95. The van der Waals surface area contributed by atoms with E-state index in [1.807, 2.05) is 0 Å². The molecule has 0 aliphatic heterocycles. The van der Waals surface area contributed by atoms with Gasteiger partial charge in [0.2, 0.25) is 0 Å². The Hall–Kier alpha value is -2.11. The third-order valence-corrected chi connectivity index (χ3v) is 5.35. The third kappa shape index (κ3) is 2.64.